The van der Waals surface area contributed by atoms with Crippen LogP contribution in [0.1, 0.15) is 41.6 Å². The molecule has 0 saturated carbocycles. The molecule has 0 saturated heterocycles. The van der Waals surface area contributed by atoms with Gasteiger partial charge < -0.3 is 20.6 Å². The Morgan fingerprint density at radius 1 is 1.03 bits per heavy atom. The highest BCUT2D eigenvalue weighted by Crippen LogP contribution is 2.16. The lowest BCUT2D eigenvalue weighted by atomic mass is 10.1. The third-order valence-electron chi connectivity index (χ3n) is 5.42. The van der Waals surface area contributed by atoms with Gasteiger partial charge in [-0.05, 0) is 63.2 Å². The van der Waals surface area contributed by atoms with E-state index >= 15 is 0 Å². The predicted octanol–water partition coefficient (Wildman–Crippen LogP) is 1.13. The number of rotatable bonds is 15. The Labute approximate surface area is 216 Å². The van der Waals surface area contributed by atoms with E-state index in [4.69, 9.17) is 5.11 Å². The summed E-state index contributed by atoms with van der Waals surface area (Å²) in [6.07, 6.45) is 5.31. The van der Waals surface area contributed by atoms with E-state index in [1.807, 2.05) is 24.9 Å². The Morgan fingerprint density at radius 3 is 2.35 bits per heavy atom. The second kappa shape index (κ2) is 14.4. The summed E-state index contributed by atoms with van der Waals surface area (Å²) in [5.41, 5.74) is 2.07. The summed E-state index contributed by atoms with van der Waals surface area (Å²) in [6, 6.07) is 5.00. The number of nitrogens with zero attached hydrogens (tertiary/aromatic N) is 3. The van der Waals surface area contributed by atoms with E-state index in [2.05, 4.69) is 20.6 Å². The zero-order valence-corrected chi connectivity index (χ0v) is 21.7. The number of aliphatic carboxylic acids is 1. The number of carboxylic acids is 1. The van der Waals surface area contributed by atoms with Crippen LogP contribution < -0.4 is 10.6 Å². The van der Waals surface area contributed by atoms with Gasteiger partial charge in [-0.1, -0.05) is 6.42 Å². The molecule has 37 heavy (non-hydrogen) atoms. The SMILES string of the molecule is Cc1ccnc(-c2cc(C(=O)NC(CS(=O)(=O)O)C(=O)NCCN(C)CCCCCC(=O)O)ccn2)c1. The number of hydrogen-bond donors (Lipinski definition) is 4. The zero-order valence-electron chi connectivity index (χ0n) is 20.9. The van der Waals surface area contributed by atoms with Crippen LogP contribution in [0.5, 0.6) is 0 Å². The standard InChI is InChI=1S/C24H33N5O7S/c1-17-7-9-25-19(14-17)20-15-18(8-10-26-20)23(32)28-21(16-37(34,35)36)24(33)27-11-13-29(2)12-5-3-4-6-22(30)31/h7-10,14-15,21H,3-6,11-13,16H2,1-2H3,(H,27,33)(H,28,32)(H,30,31)(H,34,35,36). The average Bonchev–Trinajstić information content (AvgIpc) is 2.82. The van der Waals surface area contributed by atoms with Crippen LogP contribution in [-0.2, 0) is 19.7 Å². The minimum Gasteiger partial charge on any atom is -0.481 e. The molecule has 0 spiro atoms. The van der Waals surface area contributed by atoms with Gasteiger partial charge in [0.05, 0.1) is 11.4 Å². The molecule has 0 fully saturated rings. The number of amides is 2. The molecule has 2 aromatic heterocycles. The summed E-state index contributed by atoms with van der Waals surface area (Å²) in [7, 11) is -2.73. The van der Waals surface area contributed by atoms with Crippen LogP contribution in [0.2, 0.25) is 0 Å². The number of carbonyl (C=O) groups is 3. The van der Waals surface area contributed by atoms with Crippen LogP contribution in [0.25, 0.3) is 11.4 Å². The molecular weight excluding hydrogens is 502 g/mol. The highest BCUT2D eigenvalue weighted by molar-refractivity contribution is 7.85. The third kappa shape index (κ3) is 11.5. The van der Waals surface area contributed by atoms with Crippen molar-refractivity contribution in [3.8, 4) is 11.4 Å². The summed E-state index contributed by atoms with van der Waals surface area (Å²) in [6.45, 7) is 3.22. The molecule has 0 aliphatic carbocycles. The monoisotopic (exact) mass is 535 g/mol. The molecule has 1 unspecified atom stereocenters. The molecule has 0 aliphatic rings. The van der Waals surface area contributed by atoms with Crippen LogP contribution in [0.15, 0.2) is 36.7 Å². The first kappa shape index (κ1) is 29.8. The summed E-state index contributed by atoms with van der Waals surface area (Å²) < 4.78 is 32.3. The summed E-state index contributed by atoms with van der Waals surface area (Å²) >= 11 is 0. The van der Waals surface area contributed by atoms with Gasteiger partial charge in [0, 0.05) is 37.5 Å². The van der Waals surface area contributed by atoms with Crippen LogP contribution in [0.4, 0.5) is 0 Å². The molecule has 0 bridgehead atoms. The molecule has 13 heteroatoms. The van der Waals surface area contributed by atoms with E-state index in [9.17, 15) is 27.4 Å². The number of pyridine rings is 2. The van der Waals surface area contributed by atoms with Gasteiger partial charge in [-0.25, -0.2) is 0 Å². The number of aromatic nitrogens is 2. The van der Waals surface area contributed by atoms with Crippen molar-refractivity contribution in [2.75, 3.05) is 32.4 Å². The van der Waals surface area contributed by atoms with Crippen molar-refractivity contribution < 1.29 is 32.5 Å². The second-order valence-electron chi connectivity index (χ2n) is 8.72. The molecule has 12 nitrogen and oxygen atoms in total. The average molecular weight is 536 g/mol. The molecule has 0 aliphatic heterocycles. The molecule has 2 rings (SSSR count). The largest absolute Gasteiger partial charge is 0.481 e. The van der Waals surface area contributed by atoms with Crippen molar-refractivity contribution in [1.82, 2.24) is 25.5 Å². The Hall–Kier alpha value is -3.42. The maximum absolute atomic E-state index is 12.8. The van der Waals surface area contributed by atoms with E-state index in [0.29, 0.717) is 30.9 Å². The third-order valence-corrected chi connectivity index (χ3v) is 6.18. The van der Waals surface area contributed by atoms with Gasteiger partial charge in [0.1, 0.15) is 11.8 Å². The first-order valence-corrected chi connectivity index (χ1v) is 13.4. The first-order chi connectivity index (χ1) is 17.4. The van der Waals surface area contributed by atoms with Gasteiger partial charge in [0.25, 0.3) is 16.0 Å². The fourth-order valence-electron chi connectivity index (χ4n) is 3.46. The lowest BCUT2D eigenvalue weighted by molar-refractivity contribution is -0.137. The molecule has 0 aromatic carbocycles. The van der Waals surface area contributed by atoms with E-state index in [1.54, 1.807) is 12.3 Å². The Bertz CT molecular complexity index is 1190. The van der Waals surface area contributed by atoms with Crippen molar-refractivity contribution in [2.24, 2.45) is 0 Å². The number of nitrogens with one attached hydrogen (secondary N) is 2. The van der Waals surface area contributed by atoms with Crippen molar-refractivity contribution >= 4 is 27.9 Å². The molecule has 2 amide bonds. The van der Waals surface area contributed by atoms with Crippen molar-refractivity contribution in [3.63, 3.8) is 0 Å². The molecule has 0 radical (unpaired) electrons. The topological polar surface area (TPSA) is 179 Å². The van der Waals surface area contributed by atoms with E-state index in [-0.39, 0.29) is 18.5 Å². The van der Waals surface area contributed by atoms with Crippen LogP contribution in [0, 0.1) is 6.92 Å². The number of carbonyl (C=O) groups excluding carboxylic acids is 2. The lowest BCUT2D eigenvalue weighted by Gasteiger charge is -2.20. The number of hydrogen-bond acceptors (Lipinski definition) is 8. The summed E-state index contributed by atoms with van der Waals surface area (Å²) in [5, 5.41) is 13.6. The maximum Gasteiger partial charge on any atom is 0.303 e. The van der Waals surface area contributed by atoms with Crippen molar-refractivity contribution in [2.45, 2.75) is 38.6 Å². The minimum atomic E-state index is -4.57. The van der Waals surface area contributed by atoms with Crippen LogP contribution in [0.3, 0.4) is 0 Å². The first-order valence-electron chi connectivity index (χ1n) is 11.8. The number of unbranched alkanes of at least 4 members (excludes halogenated alkanes) is 2. The van der Waals surface area contributed by atoms with Crippen molar-refractivity contribution in [3.05, 3.63) is 47.8 Å². The molecule has 2 heterocycles. The summed E-state index contributed by atoms with van der Waals surface area (Å²) in [4.78, 5) is 46.4. The molecule has 4 N–H and O–H groups in total. The lowest BCUT2D eigenvalue weighted by Crippen LogP contribution is -2.51. The van der Waals surface area contributed by atoms with Gasteiger partial charge in [-0.2, -0.15) is 8.42 Å². The number of aryl methyl sites for hydroxylation is 1. The van der Waals surface area contributed by atoms with Gasteiger partial charge in [0.2, 0.25) is 5.91 Å². The van der Waals surface area contributed by atoms with E-state index < -0.39 is 39.7 Å². The predicted molar refractivity (Wildman–Crippen MR) is 136 cm³/mol. The fourth-order valence-corrected chi connectivity index (χ4v) is 4.12. The smallest absolute Gasteiger partial charge is 0.303 e. The highest BCUT2D eigenvalue weighted by Gasteiger charge is 2.26. The second-order valence-corrected chi connectivity index (χ2v) is 10.2. The Kier molecular flexibility index (Phi) is 11.6. The van der Waals surface area contributed by atoms with Crippen LogP contribution in [-0.4, -0.2) is 89.2 Å². The van der Waals surface area contributed by atoms with Gasteiger partial charge in [-0.15, -0.1) is 0 Å². The Balaban J connectivity index is 1.95. The minimum absolute atomic E-state index is 0.129. The quantitative estimate of drug-likeness (QED) is 0.191. The number of carboxylic acid groups (broad SMARTS) is 1. The van der Waals surface area contributed by atoms with Crippen molar-refractivity contribution in [1.29, 1.82) is 0 Å². The van der Waals surface area contributed by atoms with E-state index in [1.165, 1.54) is 18.3 Å². The summed E-state index contributed by atoms with van der Waals surface area (Å²) in [5.74, 6) is -3.27. The van der Waals surface area contributed by atoms with Gasteiger partial charge in [0.15, 0.2) is 0 Å². The van der Waals surface area contributed by atoms with Gasteiger partial charge in [-0.3, -0.25) is 28.9 Å². The molecule has 2 aromatic rings. The number of likely N-dealkylation sites (N-methyl/N-ethyl adjacent to an activating group) is 1. The van der Waals surface area contributed by atoms with E-state index in [0.717, 1.165) is 18.4 Å². The Morgan fingerprint density at radius 2 is 1.70 bits per heavy atom. The fraction of sp³-hybridized carbons (Fsp3) is 0.458. The molecule has 202 valence electrons. The zero-order chi connectivity index (χ0) is 27.4. The molecular formula is C24H33N5O7S. The van der Waals surface area contributed by atoms with Gasteiger partial charge >= 0.3 is 5.97 Å². The maximum atomic E-state index is 12.8. The molecule has 1 atom stereocenters. The normalized spacial score (nSPS) is 12.2. The van der Waals surface area contributed by atoms with Crippen LogP contribution >= 0.6 is 0 Å². The highest BCUT2D eigenvalue weighted by atomic mass is 32.2.